The van der Waals surface area contributed by atoms with E-state index in [1.165, 1.54) is 15.6 Å². The van der Waals surface area contributed by atoms with Gasteiger partial charge in [0.05, 0.1) is 0 Å². The fourth-order valence-electron chi connectivity index (χ4n) is 4.60. The number of hydrogen-bond donors (Lipinski definition) is 1. The van der Waals surface area contributed by atoms with E-state index in [-0.39, 0.29) is 5.54 Å². The van der Waals surface area contributed by atoms with Crippen LogP contribution < -0.4 is 5.73 Å². The number of rotatable bonds is 0. The predicted molar refractivity (Wildman–Crippen MR) is 84.0 cm³/mol. The standard InChI is InChI=1S/C16H19BrN2O2/c17-11-2-1-9-5-10-6-12(20)3-4-13(10)16(14(9)7-11)8-21-15(18)19-16/h7,10,13H,1-6,8H2,(H2,18,19)/t10-,13-,16?/m1/s1. The van der Waals surface area contributed by atoms with Crippen LogP contribution >= 0.6 is 15.9 Å². The molecule has 5 heteroatoms. The van der Waals surface area contributed by atoms with E-state index in [4.69, 9.17) is 15.5 Å². The minimum atomic E-state index is -0.345. The number of aliphatic imine (C=N–C) groups is 1. The van der Waals surface area contributed by atoms with E-state index in [2.05, 4.69) is 22.0 Å². The Morgan fingerprint density at radius 1 is 1.33 bits per heavy atom. The summed E-state index contributed by atoms with van der Waals surface area (Å²) < 4.78 is 6.80. The zero-order valence-electron chi connectivity index (χ0n) is 11.9. The summed E-state index contributed by atoms with van der Waals surface area (Å²) in [4.78, 5) is 16.6. The molecule has 0 aromatic rings. The van der Waals surface area contributed by atoms with Crippen molar-refractivity contribution in [2.24, 2.45) is 22.6 Å². The molecule has 21 heavy (non-hydrogen) atoms. The van der Waals surface area contributed by atoms with Gasteiger partial charge in [-0.25, -0.2) is 4.99 Å². The van der Waals surface area contributed by atoms with Crippen LogP contribution in [0.1, 0.15) is 38.5 Å². The van der Waals surface area contributed by atoms with E-state index in [0.717, 1.165) is 25.7 Å². The highest BCUT2D eigenvalue weighted by Crippen LogP contribution is 2.54. The molecule has 4 nitrogen and oxygen atoms in total. The number of Topliss-reactive ketones (excluding diaryl/α,β-unsaturated/α-hetero) is 1. The van der Waals surface area contributed by atoms with Crippen molar-refractivity contribution in [3.63, 3.8) is 0 Å². The van der Waals surface area contributed by atoms with Crippen LogP contribution in [0.5, 0.6) is 0 Å². The van der Waals surface area contributed by atoms with Crippen molar-refractivity contribution in [1.82, 2.24) is 0 Å². The topological polar surface area (TPSA) is 64.7 Å². The number of ketones is 1. The molecule has 1 saturated carbocycles. The number of ether oxygens (including phenoxy) is 1. The van der Waals surface area contributed by atoms with E-state index in [1.54, 1.807) is 0 Å². The van der Waals surface area contributed by atoms with Crippen molar-refractivity contribution in [2.45, 2.75) is 44.1 Å². The van der Waals surface area contributed by atoms with Gasteiger partial charge in [0, 0.05) is 12.8 Å². The van der Waals surface area contributed by atoms with Gasteiger partial charge >= 0.3 is 0 Å². The van der Waals surface area contributed by atoms with Gasteiger partial charge in [-0.15, -0.1) is 0 Å². The quantitative estimate of drug-likeness (QED) is 0.730. The molecule has 112 valence electrons. The van der Waals surface area contributed by atoms with Crippen LogP contribution in [0.2, 0.25) is 0 Å². The third-order valence-electron chi connectivity index (χ3n) is 5.48. The molecule has 1 unspecified atom stereocenters. The number of nitrogens with two attached hydrogens (primary N) is 1. The Balaban J connectivity index is 1.84. The van der Waals surface area contributed by atoms with E-state index in [0.29, 0.717) is 43.1 Å². The fraction of sp³-hybridized carbons (Fsp3) is 0.625. The summed E-state index contributed by atoms with van der Waals surface area (Å²) in [6.45, 7) is 0.532. The minimum Gasteiger partial charge on any atom is -0.462 e. The Labute approximate surface area is 132 Å². The maximum atomic E-state index is 11.9. The van der Waals surface area contributed by atoms with Crippen molar-refractivity contribution in [1.29, 1.82) is 0 Å². The molecule has 1 fully saturated rings. The first-order valence-corrected chi connectivity index (χ1v) is 8.46. The number of carbonyl (C=O) groups excluding carboxylic acids is 1. The largest absolute Gasteiger partial charge is 0.462 e. The molecule has 1 aliphatic heterocycles. The highest BCUT2D eigenvalue weighted by atomic mass is 79.9. The maximum absolute atomic E-state index is 11.9. The second-order valence-corrected chi connectivity index (χ2v) is 7.64. The second kappa shape index (κ2) is 4.70. The molecule has 0 radical (unpaired) electrons. The maximum Gasteiger partial charge on any atom is 0.283 e. The number of carbonyl (C=O) groups is 1. The average Bonchev–Trinajstić information content (AvgIpc) is 2.83. The third-order valence-corrected chi connectivity index (χ3v) is 6.10. The van der Waals surface area contributed by atoms with Crippen molar-refractivity contribution < 1.29 is 9.53 Å². The van der Waals surface area contributed by atoms with Crippen LogP contribution in [0, 0.1) is 11.8 Å². The number of amidine groups is 1. The first-order chi connectivity index (χ1) is 10.1. The summed E-state index contributed by atoms with van der Waals surface area (Å²) in [6, 6.07) is 0.300. The molecule has 4 rings (SSSR count). The fourth-order valence-corrected chi connectivity index (χ4v) is 5.03. The van der Waals surface area contributed by atoms with Crippen LogP contribution in [0.15, 0.2) is 26.7 Å². The summed E-state index contributed by atoms with van der Waals surface area (Å²) in [7, 11) is 0. The molecule has 1 heterocycles. The van der Waals surface area contributed by atoms with Gasteiger partial charge in [0.15, 0.2) is 0 Å². The number of fused-ring (bicyclic) bond motifs is 3. The molecule has 0 amide bonds. The lowest BCUT2D eigenvalue weighted by Crippen LogP contribution is -2.49. The summed E-state index contributed by atoms with van der Waals surface area (Å²) in [5.41, 5.74) is 8.26. The van der Waals surface area contributed by atoms with Crippen molar-refractivity contribution in [3.05, 3.63) is 21.7 Å². The molecule has 0 aromatic carbocycles. The highest BCUT2D eigenvalue weighted by Gasteiger charge is 2.54. The number of halogens is 1. The lowest BCUT2D eigenvalue weighted by Gasteiger charge is -2.47. The number of nitrogens with zero attached hydrogens (tertiary/aromatic N) is 1. The van der Waals surface area contributed by atoms with E-state index in [9.17, 15) is 4.79 Å². The zero-order chi connectivity index (χ0) is 14.6. The highest BCUT2D eigenvalue weighted by molar-refractivity contribution is 9.11. The van der Waals surface area contributed by atoms with Crippen LogP contribution in [0.3, 0.4) is 0 Å². The Kier molecular flexibility index (Phi) is 3.03. The lowest BCUT2D eigenvalue weighted by atomic mass is 9.58. The SMILES string of the molecule is NC1=NC2(CO1)C1=C(CCC(Br)=C1)C[C@@H]1CC(=O)CC[C@H]12. The van der Waals surface area contributed by atoms with Gasteiger partial charge in [-0.2, -0.15) is 0 Å². The normalized spacial score (nSPS) is 38.6. The average molecular weight is 351 g/mol. The summed E-state index contributed by atoms with van der Waals surface area (Å²) in [5.74, 6) is 1.19. The van der Waals surface area contributed by atoms with Gasteiger partial charge < -0.3 is 10.5 Å². The molecule has 4 aliphatic rings. The van der Waals surface area contributed by atoms with Crippen LogP contribution in [-0.2, 0) is 9.53 Å². The first-order valence-electron chi connectivity index (χ1n) is 7.67. The summed E-state index contributed by atoms with van der Waals surface area (Å²) in [5, 5.41) is 0. The second-order valence-electron chi connectivity index (χ2n) is 6.62. The summed E-state index contributed by atoms with van der Waals surface area (Å²) >= 11 is 3.65. The lowest BCUT2D eigenvalue weighted by molar-refractivity contribution is -0.123. The van der Waals surface area contributed by atoms with Crippen LogP contribution in [0.25, 0.3) is 0 Å². The molecular formula is C16H19BrN2O2. The van der Waals surface area contributed by atoms with Gasteiger partial charge in [0.2, 0.25) is 0 Å². The molecule has 2 N–H and O–H groups in total. The molecule has 0 saturated heterocycles. The van der Waals surface area contributed by atoms with Gasteiger partial charge in [-0.3, -0.25) is 4.79 Å². The number of allylic oxidation sites excluding steroid dienone is 2. The Morgan fingerprint density at radius 2 is 2.19 bits per heavy atom. The molecule has 1 spiro atoms. The van der Waals surface area contributed by atoms with Crippen molar-refractivity contribution >= 4 is 27.7 Å². The Hall–Kier alpha value is -1.10. The van der Waals surface area contributed by atoms with Gasteiger partial charge in [-0.05, 0) is 53.7 Å². The van der Waals surface area contributed by atoms with E-state index < -0.39 is 0 Å². The van der Waals surface area contributed by atoms with Crippen LogP contribution in [0.4, 0.5) is 0 Å². The Morgan fingerprint density at radius 3 is 2.95 bits per heavy atom. The molecule has 0 bridgehead atoms. The molecular weight excluding hydrogens is 332 g/mol. The summed E-state index contributed by atoms with van der Waals surface area (Å²) in [6.07, 6.45) is 7.65. The minimum absolute atomic E-state index is 0.300. The Bertz CT molecular complexity index is 607. The molecule has 0 aromatic heterocycles. The first kappa shape index (κ1) is 13.6. The van der Waals surface area contributed by atoms with Crippen molar-refractivity contribution in [2.75, 3.05) is 6.61 Å². The van der Waals surface area contributed by atoms with Gasteiger partial charge in [-0.1, -0.05) is 21.5 Å². The van der Waals surface area contributed by atoms with E-state index in [1.807, 2.05) is 0 Å². The zero-order valence-corrected chi connectivity index (χ0v) is 13.5. The van der Waals surface area contributed by atoms with Crippen molar-refractivity contribution in [3.8, 4) is 0 Å². The van der Waals surface area contributed by atoms with Gasteiger partial charge in [0.25, 0.3) is 6.02 Å². The third kappa shape index (κ3) is 2.00. The van der Waals surface area contributed by atoms with Crippen LogP contribution in [-0.4, -0.2) is 24.0 Å². The van der Waals surface area contributed by atoms with Gasteiger partial charge in [0.1, 0.15) is 17.9 Å². The molecule has 3 atom stereocenters. The monoisotopic (exact) mass is 350 g/mol. The predicted octanol–water partition coefficient (Wildman–Crippen LogP) is 2.83. The van der Waals surface area contributed by atoms with E-state index >= 15 is 0 Å². The molecule has 3 aliphatic carbocycles. The smallest absolute Gasteiger partial charge is 0.283 e. The number of hydrogen-bond acceptors (Lipinski definition) is 4.